The molecule has 8 heteroatoms. The maximum atomic E-state index is 11.9. The number of carbonyl (C=O) groups is 1. The first-order valence-electron chi connectivity index (χ1n) is 9.88. The van der Waals surface area contributed by atoms with E-state index in [9.17, 15) is 4.79 Å². The van der Waals surface area contributed by atoms with Crippen molar-refractivity contribution in [1.82, 2.24) is 24.5 Å². The van der Waals surface area contributed by atoms with E-state index >= 15 is 0 Å². The first kappa shape index (κ1) is 17.9. The lowest BCUT2D eigenvalue weighted by Crippen LogP contribution is -2.37. The van der Waals surface area contributed by atoms with Crippen LogP contribution >= 0.6 is 0 Å². The molecule has 0 bridgehead atoms. The number of hydrogen-bond donors (Lipinski definition) is 1. The smallest absolute Gasteiger partial charge is 0.219 e. The Labute approximate surface area is 169 Å². The molecule has 150 valence electrons. The number of rotatable bonds is 4. The van der Waals surface area contributed by atoms with Gasteiger partial charge >= 0.3 is 0 Å². The maximum absolute atomic E-state index is 11.9. The number of hydrogen-bond acceptors (Lipinski definition) is 5. The maximum Gasteiger partial charge on any atom is 0.219 e. The van der Waals surface area contributed by atoms with E-state index in [4.69, 9.17) is 9.84 Å². The second-order valence-corrected chi connectivity index (χ2v) is 7.71. The molecule has 2 aliphatic rings. The molecule has 1 N–H and O–H groups in total. The SMILES string of the molecule is CC(=O)N1CCc2c(c(Nc3ccc(-c4cnn(C)c4)cc3)nn2C2COC2)C1. The fourth-order valence-corrected chi connectivity index (χ4v) is 3.93. The average molecular weight is 392 g/mol. The van der Waals surface area contributed by atoms with Gasteiger partial charge in [0, 0.05) is 55.6 Å². The van der Waals surface area contributed by atoms with E-state index < -0.39 is 0 Å². The van der Waals surface area contributed by atoms with Crippen LogP contribution in [0, 0.1) is 0 Å². The van der Waals surface area contributed by atoms with Crippen molar-refractivity contribution in [1.29, 1.82) is 0 Å². The summed E-state index contributed by atoms with van der Waals surface area (Å²) in [5.74, 6) is 0.925. The highest BCUT2D eigenvalue weighted by Gasteiger charge is 2.31. The fraction of sp³-hybridized carbons (Fsp3) is 0.381. The van der Waals surface area contributed by atoms with Gasteiger partial charge in [0.15, 0.2) is 5.82 Å². The van der Waals surface area contributed by atoms with Crippen molar-refractivity contribution >= 4 is 17.4 Å². The summed E-state index contributed by atoms with van der Waals surface area (Å²) < 4.78 is 9.27. The zero-order valence-corrected chi connectivity index (χ0v) is 16.6. The highest BCUT2D eigenvalue weighted by Crippen LogP contribution is 2.32. The highest BCUT2D eigenvalue weighted by molar-refractivity contribution is 5.74. The number of anilines is 2. The van der Waals surface area contributed by atoms with E-state index in [1.54, 1.807) is 11.6 Å². The zero-order chi connectivity index (χ0) is 20.0. The first-order chi connectivity index (χ1) is 14.1. The zero-order valence-electron chi connectivity index (χ0n) is 16.6. The van der Waals surface area contributed by atoms with Crippen LogP contribution in [0.1, 0.15) is 24.2 Å². The van der Waals surface area contributed by atoms with E-state index in [1.807, 2.05) is 36.5 Å². The molecule has 5 rings (SSSR count). The molecule has 0 radical (unpaired) electrons. The van der Waals surface area contributed by atoms with Gasteiger partial charge < -0.3 is 15.0 Å². The number of amides is 1. The summed E-state index contributed by atoms with van der Waals surface area (Å²) in [6.45, 7) is 4.35. The molecule has 1 fully saturated rings. The van der Waals surface area contributed by atoms with E-state index in [-0.39, 0.29) is 11.9 Å². The van der Waals surface area contributed by atoms with Crippen LogP contribution in [0.4, 0.5) is 11.5 Å². The van der Waals surface area contributed by atoms with Crippen LogP contribution in [0.5, 0.6) is 0 Å². The Balaban J connectivity index is 1.43. The number of nitrogens with zero attached hydrogens (tertiary/aromatic N) is 5. The van der Waals surface area contributed by atoms with Gasteiger partial charge in [0.25, 0.3) is 0 Å². The van der Waals surface area contributed by atoms with Gasteiger partial charge in [0.05, 0.1) is 32.0 Å². The summed E-state index contributed by atoms with van der Waals surface area (Å²) in [7, 11) is 1.91. The Morgan fingerprint density at radius 1 is 1.21 bits per heavy atom. The van der Waals surface area contributed by atoms with Gasteiger partial charge in [-0.15, -0.1) is 0 Å². The third-order valence-electron chi connectivity index (χ3n) is 5.68. The minimum atomic E-state index is 0.0992. The molecule has 0 spiro atoms. The number of benzene rings is 1. The lowest BCUT2D eigenvalue weighted by molar-refractivity contribution is -0.129. The minimum absolute atomic E-state index is 0.0992. The van der Waals surface area contributed by atoms with E-state index in [1.165, 1.54) is 5.69 Å². The Morgan fingerprint density at radius 2 is 2.00 bits per heavy atom. The molecule has 8 nitrogen and oxygen atoms in total. The average Bonchev–Trinajstić information content (AvgIpc) is 3.25. The second-order valence-electron chi connectivity index (χ2n) is 7.71. The summed E-state index contributed by atoms with van der Waals surface area (Å²) in [5, 5.41) is 12.6. The number of nitrogens with one attached hydrogen (secondary N) is 1. The molecule has 3 aromatic rings. The van der Waals surface area contributed by atoms with Crippen LogP contribution in [0.3, 0.4) is 0 Å². The lowest BCUT2D eigenvalue weighted by Gasteiger charge is -2.31. The monoisotopic (exact) mass is 392 g/mol. The summed E-state index contributed by atoms with van der Waals surface area (Å²) >= 11 is 0. The lowest BCUT2D eigenvalue weighted by atomic mass is 10.1. The van der Waals surface area contributed by atoms with Crippen LogP contribution in [0.2, 0.25) is 0 Å². The predicted molar refractivity (Wildman–Crippen MR) is 109 cm³/mol. The molecule has 0 atom stereocenters. The Morgan fingerprint density at radius 3 is 2.62 bits per heavy atom. The fourth-order valence-electron chi connectivity index (χ4n) is 3.93. The molecular formula is C21H24N6O2. The molecule has 4 heterocycles. The number of ether oxygens (including phenoxy) is 1. The van der Waals surface area contributed by atoms with Crippen molar-refractivity contribution in [2.24, 2.45) is 7.05 Å². The molecule has 0 aliphatic carbocycles. The van der Waals surface area contributed by atoms with Gasteiger partial charge in [-0.1, -0.05) is 12.1 Å². The van der Waals surface area contributed by atoms with Crippen molar-refractivity contribution < 1.29 is 9.53 Å². The summed E-state index contributed by atoms with van der Waals surface area (Å²) in [5.41, 5.74) is 5.49. The normalized spacial score (nSPS) is 16.4. The van der Waals surface area contributed by atoms with Gasteiger partial charge in [-0.25, -0.2) is 0 Å². The third-order valence-corrected chi connectivity index (χ3v) is 5.68. The summed E-state index contributed by atoms with van der Waals surface area (Å²) in [6.07, 6.45) is 4.68. The van der Waals surface area contributed by atoms with Crippen LogP contribution in [0.15, 0.2) is 36.7 Å². The van der Waals surface area contributed by atoms with E-state index in [2.05, 4.69) is 27.2 Å². The summed E-state index contributed by atoms with van der Waals surface area (Å²) in [4.78, 5) is 13.8. The molecular weight excluding hydrogens is 368 g/mol. The predicted octanol–water partition coefficient (Wildman–Crippen LogP) is 2.50. The van der Waals surface area contributed by atoms with Gasteiger partial charge in [-0.05, 0) is 17.7 Å². The molecule has 2 aromatic heterocycles. The Kier molecular flexibility index (Phi) is 4.35. The number of aryl methyl sites for hydroxylation is 1. The molecule has 1 saturated heterocycles. The molecule has 29 heavy (non-hydrogen) atoms. The Hall–Kier alpha value is -3.13. The van der Waals surface area contributed by atoms with Gasteiger partial charge in [0.1, 0.15) is 0 Å². The Bertz CT molecular complexity index is 1050. The number of carbonyl (C=O) groups excluding carboxylic acids is 1. The number of fused-ring (bicyclic) bond motifs is 1. The third kappa shape index (κ3) is 3.29. The number of aromatic nitrogens is 4. The highest BCUT2D eigenvalue weighted by atomic mass is 16.5. The van der Waals surface area contributed by atoms with E-state index in [0.29, 0.717) is 19.8 Å². The standard InChI is InChI=1S/C21H24N6O2/c1-14(28)26-8-7-20-19(11-26)21(24-27(20)18-12-29-13-18)23-17-5-3-15(4-6-17)16-9-22-25(2)10-16/h3-6,9-10,18H,7-8,11-13H2,1-2H3,(H,23,24). The van der Waals surface area contributed by atoms with E-state index in [0.717, 1.165) is 41.2 Å². The quantitative estimate of drug-likeness (QED) is 0.738. The minimum Gasteiger partial charge on any atom is -0.377 e. The van der Waals surface area contributed by atoms with Crippen molar-refractivity contribution in [3.63, 3.8) is 0 Å². The molecule has 2 aliphatic heterocycles. The van der Waals surface area contributed by atoms with Crippen LogP contribution in [0.25, 0.3) is 11.1 Å². The van der Waals surface area contributed by atoms with Gasteiger partial charge in [-0.3, -0.25) is 14.2 Å². The molecule has 1 aromatic carbocycles. The van der Waals surface area contributed by atoms with Crippen LogP contribution < -0.4 is 5.32 Å². The van der Waals surface area contributed by atoms with Crippen LogP contribution in [-0.2, 0) is 29.5 Å². The largest absolute Gasteiger partial charge is 0.377 e. The van der Waals surface area contributed by atoms with Gasteiger partial charge in [-0.2, -0.15) is 10.2 Å². The van der Waals surface area contributed by atoms with Crippen LogP contribution in [-0.4, -0.2) is 50.1 Å². The summed E-state index contributed by atoms with van der Waals surface area (Å²) in [6, 6.07) is 8.53. The van der Waals surface area contributed by atoms with Crippen molar-refractivity contribution in [3.8, 4) is 11.1 Å². The molecule has 0 unspecified atom stereocenters. The van der Waals surface area contributed by atoms with Crippen molar-refractivity contribution in [2.75, 3.05) is 25.1 Å². The molecule has 1 amide bonds. The first-order valence-corrected chi connectivity index (χ1v) is 9.88. The topological polar surface area (TPSA) is 77.2 Å². The van der Waals surface area contributed by atoms with Gasteiger partial charge in [0.2, 0.25) is 5.91 Å². The second kappa shape index (κ2) is 7.04. The van der Waals surface area contributed by atoms with Crippen molar-refractivity contribution in [2.45, 2.75) is 25.9 Å². The molecule has 0 saturated carbocycles. The van der Waals surface area contributed by atoms with Crippen molar-refractivity contribution in [3.05, 3.63) is 47.9 Å².